The Morgan fingerprint density at radius 1 is 1.29 bits per heavy atom. The van der Waals surface area contributed by atoms with Crippen LogP contribution in [0.5, 0.6) is 0 Å². The van der Waals surface area contributed by atoms with Crippen molar-refractivity contribution in [2.45, 2.75) is 13.0 Å². The fourth-order valence-electron chi connectivity index (χ4n) is 1.69. The standard InChI is InChI=1S/C14H17IN4S.HI/c1-16-14(19-10-11-4-2-3-8-17-11)18-9-7-12-5-6-13(15)20-12;/h2-6,8H,7,9-10H2,1H3,(H2,16,18,19);1H. The van der Waals surface area contributed by atoms with E-state index in [0.29, 0.717) is 6.54 Å². The zero-order valence-electron chi connectivity index (χ0n) is 11.7. The van der Waals surface area contributed by atoms with Gasteiger partial charge >= 0.3 is 0 Å². The lowest BCUT2D eigenvalue weighted by molar-refractivity contribution is 0.787. The van der Waals surface area contributed by atoms with Crippen LogP contribution in [0.1, 0.15) is 10.6 Å². The van der Waals surface area contributed by atoms with Crippen LogP contribution in [0.15, 0.2) is 41.5 Å². The molecule has 7 heteroatoms. The first-order chi connectivity index (χ1) is 9.78. The third-order valence-electron chi connectivity index (χ3n) is 2.68. The second-order valence-electron chi connectivity index (χ2n) is 4.13. The number of thiophene rings is 1. The van der Waals surface area contributed by atoms with Gasteiger partial charge < -0.3 is 10.6 Å². The van der Waals surface area contributed by atoms with Crippen molar-refractivity contribution < 1.29 is 0 Å². The van der Waals surface area contributed by atoms with Crippen LogP contribution in [0.4, 0.5) is 0 Å². The van der Waals surface area contributed by atoms with E-state index in [2.05, 4.69) is 55.3 Å². The smallest absolute Gasteiger partial charge is 0.191 e. The average Bonchev–Trinajstić information content (AvgIpc) is 2.89. The van der Waals surface area contributed by atoms with E-state index in [9.17, 15) is 0 Å². The van der Waals surface area contributed by atoms with E-state index in [4.69, 9.17) is 0 Å². The first-order valence-corrected chi connectivity index (χ1v) is 8.26. The van der Waals surface area contributed by atoms with E-state index in [-0.39, 0.29) is 24.0 Å². The monoisotopic (exact) mass is 528 g/mol. The molecule has 2 N–H and O–H groups in total. The van der Waals surface area contributed by atoms with Gasteiger partial charge in [0.05, 0.1) is 15.1 Å². The Morgan fingerprint density at radius 2 is 2.14 bits per heavy atom. The molecule has 0 amide bonds. The summed E-state index contributed by atoms with van der Waals surface area (Å²) in [6.07, 6.45) is 2.81. The van der Waals surface area contributed by atoms with Gasteiger partial charge in [0.25, 0.3) is 0 Å². The molecule has 0 radical (unpaired) electrons. The van der Waals surface area contributed by atoms with E-state index in [1.807, 2.05) is 29.5 Å². The highest BCUT2D eigenvalue weighted by Gasteiger charge is 2.00. The van der Waals surface area contributed by atoms with Crippen molar-refractivity contribution in [3.63, 3.8) is 0 Å². The zero-order valence-corrected chi connectivity index (χ0v) is 17.0. The molecule has 21 heavy (non-hydrogen) atoms. The Balaban J connectivity index is 0.00000220. The molecule has 114 valence electrons. The summed E-state index contributed by atoms with van der Waals surface area (Å²) >= 11 is 4.18. The highest BCUT2D eigenvalue weighted by Crippen LogP contribution is 2.18. The lowest BCUT2D eigenvalue weighted by atomic mass is 10.3. The number of aliphatic imine (C=N–C) groups is 1. The van der Waals surface area contributed by atoms with Crippen molar-refractivity contribution in [1.82, 2.24) is 15.6 Å². The van der Waals surface area contributed by atoms with E-state index in [1.165, 1.54) is 7.76 Å². The molecule has 0 aliphatic carbocycles. The zero-order chi connectivity index (χ0) is 14.2. The Morgan fingerprint density at radius 3 is 2.76 bits per heavy atom. The quantitative estimate of drug-likeness (QED) is 0.356. The summed E-state index contributed by atoms with van der Waals surface area (Å²) in [7, 11) is 1.78. The van der Waals surface area contributed by atoms with Crippen LogP contribution >= 0.6 is 57.9 Å². The minimum Gasteiger partial charge on any atom is -0.356 e. The Hall–Kier alpha value is -0.420. The van der Waals surface area contributed by atoms with Crippen LogP contribution < -0.4 is 10.6 Å². The number of halogens is 2. The second kappa shape index (κ2) is 10.3. The van der Waals surface area contributed by atoms with Gasteiger partial charge in [-0.25, -0.2) is 0 Å². The third kappa shape index (κ3) is 6.92. The number of guanidine groups is 1. The number of rotatable bonds is 5. The molecule has 0 unspecified atom stereocenters. The molecule has 0 aliphatic rings. The number of pyridine rings is 1. The highest BCUT2D eigenvalue weighted by molar-refractivity contribution is 14.1. The van der Waals surface area contributed by atoms with Crippen LogP contribution in [0.25, 0.3) is 0 Å². The summed E-state index contributed by atoms with van der Waals surface area (Å²) in [5.41, 5.74) is 1.00. The molecule has 2 aromatic rings. The summed E-state index contributed by atoms with van der Waals surface area (Å²) < 4.78 is 1.33. The van der Waals surface area contributed by atoms with Crippen LogP contribution in [0.3, 0.4) is 0 Å². The molecule has 0 saturated heterocycles. The fourth-order valence-corrected chi connectivity index (χ4v) is 3.44. The summed E-state index contributed by atoms with van der Waals surface area (Å²) in [6, 6.07) is 10.2. The molecule has 0 aromatic carbocycles. The number of nitrogens with zero attached hydrogens (tertiary/aromatic N) is 2. The van der Waals surface area contributed by atoms with Crippen molar-refractivity contribution >= 4 is 63.9 Å². The lowest BCUT2D eigenvalue weighted by Gasteiger charge is -2.11. The van der Waals surface area contributed by atoms with Crippen LogP contribution in [0, 0.1) is 2.88 Å². The van der Waals surface area contributed by atoms with Gasteiger partial charge in [0, 0.05) is 24.7 Å². The van der Waals surface area contributed by atoms with Crippen molar-refractivity contribution in [1.29, 1.82) is 0 Å². The highest BCUT2D eigenvalue weighted by atomic mass is 127. The van der Waals surface area contributed by atoms with Crippen molar-refractivity contribution in [2.75, 3.05) is 13.6 Å². The van der Waals surface area contributed by atoms with Gasteiger partial charge in [0.15, 0.2) is 5.96 Å². The maximum atomic E-state index is 4.27. The summed E-state index contributed by atoms with van der Waals surface area (Å²) in [5, 5.41) is 6.57. The predicted molar refractivity (Wildman–Crippen MR) is 109 cm³/mol. The Kier molecular flexibility index (Phi) is 9.16. The number of hydrogen-bond donors (Lipinski definition) is 2. The predicted octanol–water partition coefficient (Wildman–Crippen LogP) is 3.27. The third-order valence-corrected chi connectivity index (χ3v) is 4.63. The Labute approximate surface area is 160 Å². The minimum absolute atomic E-state index is 0. The summed E-state index contributed by atoms with van der Waals surface area (Å²) in [5.74, 6) is 0.807. The topological polar surface area (TPSA) is 49.3 Å². The second-order valence-corrected chi connectivity index (χ2v) is 7.19. The molecule has 0 saturated carbocycles. The van der Waals surface area contributed by atoms with Crippen LogP contribution in [-0.4, -0.2) is 24.5 Å². The van der Waals surface area contributed by atoms with E-state index in [1.54, 1.807) is 13.2 Å². The van der Waals surface area contributed by atoms with E-state index in [0.717, 1.165) is 24.6 Å². The van der Waals surface area contributed by atoms with Gasteiger partial charge in [-0.05, 0) is 53.3 Å². The van der Waals surface area contributed by atoms with Crippen molar-refractivity contribution in [2.24, 2.45) is 4.99 Å². The molecule has 4 nitrogen and oxygen atoms in total. The molecule has 0 fully saturated rings. The molecular weight excluding hydrogens is 510 g/mol. The number of hydrogen-bond acceptors (Lipinski definition) is 3. The lowest BCUT2D eigenvalue weighted by Crippen LogP contribution is -2.37. The SMILES string of the molecule is CN=C(NCCc1ccc(I)s1)NCc1ccccn1.I. The summed E-state index contributed by atoms with van der Waals surface area (Å²) in [6.45, 7) is 1.55. The van der Waals surface area contributed by atoms with Crippen molar-refractivity contribution in [3.8, 4) is 0 Å². The van der Waals surface area contributed by atoms with Gasteiger partial charge in [0.2, 0.25) is 0 Å². The van der Waals surface area contributed by atoms with Gasteiger partial charge in [-0.3, -0.25) is 9.98 Å². The molecule has 0 bridgehead atoms. The molecule has 0 aliphatic heterocycles. The molecule has 2 heterocycles. The van der Waals surface area contributed by atoms with Gasteiger partial charge in [-0.2, -0.15) is 0 Å². The normalized spacial score (nSPS) is 10.9. The first-order valence-electron chi connectivity index (χ1n) is 6.36. The minimum atomic E-state index is 0. The largest absolute Gasteiger partial charge is 0.356 e. The summed E-state index contributed by atoms with van der Waals surface area (Å²) in [4.78, 5) is 9.87. The number of aromatic nitrogens is 1. The van der Waals surface area contributed by atoms with E-state index < -0.39 is 0 Å². The van der Waals surface area contributed by atoms with Gasteiger partial charge in [-0.1, -0.05) is 6.07 Å². The molecule has 2 rings (SSSR count). The molecule has 0 atom stereocenters. The fraction of sp³-hybridized carbons (Fsp3) is 0.286. The molecular formula is C14H18I2N4S. The van der Waals surface area contributed by atoms with Crippen LogP contribution in [-0.2, 0) is 13.0 Å². The van der Waals surface area contributed by atoms with Crippen molar-refractivity contribution in [3.05, 3.63) is 50.0 Å². The first kappa shape index (κ1) is 18.6. The van der Waals surface area contributed by atoms with Gasteiger partial charge in [-0.15, -0.1) is 35.3 Å². The Bertz CT molecular complexity index is 557. The van der Waals surface area contributed by atoms with E-state index >= 15 is 0 Å². The maximum absolute atomic E-state index is 4.27. The van der Waals surface area contributed by atoms with Crippen LogP contribution in [0.2, 0.25) is 0 Å². The molecule has 2 aromatic heterocycles. The number of nitrogens with one attached hydrogen (secondary N) is 2. The average molecular weight is 528 g/mol. The maximum Gasteiger partial charge on any atom is 0.191 e. The van der Waals surface area contributed by atoms with Gasteiger partial charge in [0.1, 0.15) is 0 Å². The molecule has 0 spiro atoms.